The standard InChI is InChI=1S/C13H14ClN5O/c1-19-7-11(17-18-19)13(20)16-10-6-15-5-8-3-2-4-9(14)12(8)10/h2-4,7,10,15H,5-6H2,1H3,(H,16,20). The van der Waals surface area contributed by atoms with Gasteiger partial charge in [0.1, 0.15) is 0 Å². The SMILES string of the molecule is Cn1cc(C(=O)NC2CNCc3cccc(Cl)c32)nn1. The Hall–Kier alpha value is -1.92. The number of hydrogen-bond donors (Lipinski definition) is 2. The molecule has 1 aromatic heterocycles. The number of nitrogens with zero attached hydrogens (tertiary/aromatic N) is 3. The van der Waals surface area contributed by atoms with Crippen molar-refractivity contribution >= 4 is 17.5 Å². The number of benzene rings is 1. The Bertz CT molecular complexity index is 654. The van der Waals surface area contributed by atoms with E-state index in [2.05, 4.69) is 20.9 Å². The van der Waals surface area contributed by atoms with Crippen molar-refractivity contribution in [3.8, 4) is 0 Å². The Morgan fingerprint density at radius 2 is 2.40 bits per heavy atom. The lowest BCUT2D eigenvalue weighted by Crippen LogP contribution is -2.39. The number of halogens is 1. The van der Waals surface area contributed by atoms with Gasteiger partial charge >= 0.3 is 0 Å². The summed E-state index contributed by atoms with van der Waals surface area (Å²) in [5.74, 6) is -0.252. The third kappa shape index (κ3) is 2.39. The van der Waals surface area contributed by atoms with Gasteiger partial charge in [0.15, 0.2) is 5.69 Å². The summed E-state index contributed by atoms with van der Waals surface area (Å²) < 4.78 is 1.49. The predicted molar refractivity (Wildman–Crippen MR) is 74.4 cm³/mol. The molecule has 1 aliphatic heterocycles. The Morgan fingerprint density at radius 1 is 1.55 bits per heavy atom. The topological polar surface area (TPSA) is 71.8 Å². The lowest BCUT2D eigenvalue weighted by atomic mass is 9.96. The lowest BCUT2D eigenvalue weighted by molar-refractivity contribution is 0.0929. The highest BCUT2D eigenvalue weighted by Gasteiger charge is 2.25. The van der Waals surface area contributed by atoms with Gasteiger partial charge < -0.3 is 10.6 Å². The average Bonchev–Trinajstić information content (AvgIpc) is 2.86. The highest BCUT2D eigenvalue weighted by atomic mass is 35.5. The number of carbonyl (C=O) groups is 1. The molecule has 2 aromatic rings. The second kappa shape index (κ2) is 5.22. The average molecular weight is 292 g/mol. The van der Waals surface area contributed by atoms with E-state index in [1.54, 1.807) is 13.2 Å². The summed E-state index contributed by atoms with van der Waals surface area (Å²) >= 11 is 6.26. The molecule has 0 spiro atoms. The van der Waals surface area contributed by atoms with Crippen molar-refractivity contribution in [1.29, 1.82) is 0 Å². The zero-order valence-electron chi connectivity index (χ0n) is 10.9. The summed E-state index contributed by atoms with van der Waals surface area (Å²) in [6.45, 7) is 1.40. The van der Waals surface area contributed by atoms with Crippen LogP contribution in [0.15, 0.2) is 24.4 Å². The summed E-state index contributed by atoms with van der Waals surface area (Å²) in [7, 11) is 1.72. The number of hydrogen-bond acceptors (Lipinski definition) is 4. The van der Waals surface area contributed by atoms with Crippen LogP contribution in [-0.2, 0) is 13.6 Å². The van der Waals surface area contributed by atoms with Crippen LogP contribution in [0.3, 0.4) is 0 Å². The number of rotatable bonds is 2. The number of aromatic nitrogens is 3. The van der Waals surface area contributed by atoms with Gasteiger partial charge in [0.05, 0.1) is 12.2 Å². The monoisotopic (exact) mass is 291 g/mol. The van der Waals surface area contributed by atoms with E-state index in [4.69, 9.17) is 11.6 Å². The van der Waals surface area contributed by atoms with Crippen LogP contribution < -0.4 is 10.6 Å². The van der Waals surface area contributed by atoms with E-state index < -0.39 is 0 Å². The zero-order chi connectivity index (χ0) is 14.1. The van der Waals surface area contributed by atoms with Crippen molar-refractivity contribution in [3.05, 3.63) is 46.2 Å². The fourth-order valence-corrected chi connectivity index (χ4v) is 2.71. The molecule has 3 rings (SSSR count). The number of aryl methyl sites for hydroxylation is 1. The van der Waals surface area contributed by atoms with Crippen LogP contribution >= 0.6 is 11.6 Å². The maximum absolute atomic E-state index is 12.1. The van der Waals surface area contributed by atoms with Crippen LogP contribution in [0, 0.1) is 0 Å². The minimum atomic E-state index is -0.252. The molecule has 7 heteroatoms. The van der Waals surface area contributed by atoms with Gasteiger partial charge in [0, 0.05) is 25.2 Å². The summed E-state index contributed by atoms with van der Waals surface area (Å²) in [6, 6.07) is 5.60. The molecule has 20 heavy (non-hydrogen) atoms. The lowest BCUT2D eigenvalue weighted by Gasteiger charge is -2.27. The minimum Gasteiger partial charge on any atom is -0.342 e. The molecule has 0 radical (unpaired) electrons. The number of nitrogens with one attached hydrogen (secondary N) is 2. The quantitative estimate of drug-likeness (QED) is 0.867. The highest BCUT2D eigenvalue weighted by molar-refractivity contribution is 6.31. The van der Waals surface area contributed by atoms with E-state index in [9.17, 15) is 4.79 Å². The Labute approximate surface area is 121 Å². The summed E-state index contributed by atoms with van der Waals surface area (Å²) in [4.78, 5) is 12.1. The van der Waals surface area contributed by atoms with Crippen LogP contribution in [0.2, 0.25) is 5.02 Å². The molecular weight excluding hydrogens is 278 g/mol. The van der Waals surface area contributed by atoms with Crippen LogP contribution in [0.4, 0.5) is 0 Å². The van der Waals surface area contributed by atoms with Crippen molar-refractivity contribution < 1.29 is 4.79 Å². The molecule has 2 heterocycles. The van der Waals surface area contributed by atoms with E-state index >= 15 is 0 Å². The highest BCUT2D eigenvalue weighted by Crippen LogP contribution is 2.29. The Morgan fingerprint density at radius 3 is 3.15 bits per heavy atom. The molecule has 2 N–H and O–H groups in total. The largest absolute Gasteiger partial charge is 0.342 e. The van der Waals surface area contributed by atoms with Crippen molar-refractivity contribution in [2.75, 3.05) is 6.54 Å². The third-order valence-corrected chi connectivity index (χ3v) is 3.63. The molecule has 6 nitrogen and oxygen atoms in total. The first kappa shape index (κ1) is 13.1. The first-order valence-corrected chi connectivity index (χ1v) is 6.68. The van der Waals surface area contributed by atoms with Crippen LogP contribution in [0.5, 0.6) is 0 Å². The molecule has 0 aliphatic carbocycles. The predicted octanol–water partition coefficient (Wildman–Crippen LogP) is 1.04. The Kier molecular flexibility index (Phi) is 3.42. The second-order valence-electron chi connectivity index (χ2n) is 4.75. The fourth-order valence-electron chi connectivity index (χ4n) is 2.39. The first-order valence-electron chi connectivity index (χ1n) is 6.30. The van der Waals surface area contributed by atoms with Crippen molar-refractivity contribution in [2.45, 2.75) is 12.6 Å². The molecule has 1 amide bonds. The van der Waals surface area contributed by atoms with Gasteiger partial charge in [-0.1, -0.05) is 28.9 Å². The van der Waals surface area contributed by atoms with Gasteiger partial charge in [-0.2, -0.15) is 0 Å². The maximum Gasteiger partial charge on any atom is 0.273 e. The van der Waals surface area contributed by atoms with Gasteiger partial charge in [0.25, 0.3) is 5.91 Å². The molecule has 1 aliphatic rings. The molecule has 0 bridgehead atoms. The zero-order valence-corrected chi connectivity index (χ0v) is 11.7. The van der Waals surface area contributed by atoms with Crippen molar-refractivity contribution in [1.82, 2.24) is 25.6 Å². The molecule has 104 valence electrons. The van der Waals surface area contributed by atoms with E-state index in [-0.39, 0.29) is 11.9 Å². The number of fused-ring (bicyclic) bond motifs is 1. The van der Waals surface area contributed by atoms with E-state index in [0.717, 1.165) is 17.7 Å². The third-order valence-electron chi connectivity index (χ3n) is 3.30. The molecule has 1 unspecified atom stereocenters. The van der Waals surface area contributed by atoms with E-state index in [1.807, 2.05) is 18.2 Å². The van der Waals surface area contributed by atoms with Crippen LogP contribution in [0.1, 0.15) is 27.7 Å². The number of amides is 1. The number of carbonyl (C=O) groups excluding carboxylic acids is 1. The summed E-state index contributed by atoms with van der Waals surface area (Å²) in [6.07, 6.45) is 1.58. The minimum absolute atomic E-state index is 0.165. The van der Waals surface area contributed by atoms with Gasteiger partial charge in [-0.15, -0.1) is 5.10 Å². The van der Waals surface area contributed by atoms with Crippen LogP contribution in [-0.4, -0.2) is 27.4 Å². The van der Waals surface area contributed by atoms with Gasteiger partial charge in [-0.25, -0.2) is 0 Å². The second-order valence-corrected chi connectivity index (χ2v) is 5.15. The molecule has 0 fully saturated rings. The normalized spacial score (nSPS) is 17.6. The van der Waals surface area contributed by atoms with Crippen LogP contribution in [0.25, 0.3) is 0 Å². The van der Waals surface area contributed by atoms with Gasteiger partial charge in [-0.05, 0) is 17.2 Å². The molecule has 1 atom stereocenters. The van der Waals surface area contributed by atoms with E-state index in [1.165, 1.54) is 4.68 Å². The Balaban J connectivity index is 1.85. The molecular formula is C13H14ClN5O. The van der Waals surface area contributed by atoms with E-state index in [0.29, 0.717) is 17.3 Å². The maximum atomic E-state index is 12.1. The molecule has 1 aromatic carbocycles. The van der Waals surface area contributed by atoms with Gasteiger partial charge in [-0.3, -0.25) is 9.48 Å². The fraction of sp³-hybridized carbons (Fsp3) is 0.308. The summed E-state index contributed by atoms with van der Waals surface area (Å²) in [5, 5.41) is 14.4. The van der Waals surface area contributed by atoms with Gasteiger partial charge in [0.2, 0.25) is 0 Å². The smallest absolute Gasteiger partial charge is 0.273 e. The van der Waals surface area contributed by atoms with Crippen molar-refractivity contribution in [3.63, 3.8) is 0 Å². The summed E-state index contributed by atoms with van der Waals surface area (Å²) in [5.41, 5.74) is 2.38. The molecule has 0 saturated carbocycles. The molecule has 0 saturated heterocycles. The first-order chi connectivity index (χ1) is 9.65. The van der Waals surface area contributed by atoms with Crippen molar-refractivity contribution in [2.24, 2.45) is 7.05 Å².